The highest BCUT2D eigenvalue weighted by Gasteiger charge is 2.39. The molecular weight excluding hydrogens is 396 g/mol. The summed E-state index contributed by atoms with van der Waals surface area (Å²) in [4.78, 5) is 21.7. The fraction of sp³-hybridized carbons (Fsp3) is 0.435. The Kier molecular flexibility index (Phi) is 5.24. The van der Waals surface area contributed by atoms with Crippen LogP contribution in [0.3, 0.4) is 0 Å². The van der Waals surface area contributed by atoms with E-state index in [1.54, 1.807) is 21.1 Å². The maximum absolute atomic E-state index is 12.1. The first-order chi connectivity index (χ1) is 14.8. The Labute approximate surface area is 181 Å². The maximum Gasteiger partial charge on any atom is 0.253 e. The highest BCUT2D eigenvalue weighted by atomic mass is 16.5. The van der Waals surface area contributed by atoms with Gasteiger partial charge in [0, 0.05) is 11.5 Å². The lowest BCUT2D eigenvalue weighted by atomic mass is 9.95. The summed E-state index contributed by atoms with van der Waals surface area (Å²) < 4.78 is 16.7. The predicted octanol–water partition coefficient (Wildman–Crippen LogP) is 4.15. The van der Waals surface area contributed by atoms with E-state index in [0.29, 0.717) is 45.6 Å². The Hall–Kier alpha value is -3.29. The van der Waals surface area contributed by atoms with E-state index >= 15 is 0 Å². The molecular formula is C23H28N4O4. The van der Waals surface area contributed by atoms with Crippen molar-refractivity contribution in [1.82, 2.24) is 9.97 Å². The number of ether oxygens (including phenoxy) is 2. The molecule has 2 heterocycles. The van der Waals surface area contributed by atoms with Crippen molar-refractivity contribution in [2.75, 3.05) is 19.5 Å². The van der Waals surface area contributed by atoms with Crippen LogP contribution in [0.1, 0.15) is 66.5 Å². The number of anilines is 1. The molecule has 8 nitrogen and oxygen atoms in total. The molecule has 1 aliphatic carbocycles. The summed E-state index contributed by atoms with van der Waals surface area (Å²) in [6.45, 7) is 5.92. The topological polar surface area (TPSA) is 112 Å². The number of hydrogen-bond donors (Lipinski definition) is 2. The van der Waals surface area contributed by atoms with Crippen LogP contribution in [-0.2, 0) is 0 Å². The molecule has 0 radical (unpaired) electrons. The van der Waals surface area contributed by atoms with Gasteiger partial charge >= 0.3 is 0 Å². The zero-order chi connectivity index (χ0) is 22.3. The smallest absolute Gasteiger partial charge is 0.253 e. The molecule has 3 N–H and O–H groups in total. The summed E-state index contributed by atoms with van der Waals surface area (Å²) in [5, 5.41) is 4.04. The van der Waals surface area contributed by atoms with Crippen molar-refractivity contribution in [3.05, 3.63) is 40.9 Å². The minimum atomic E-state index is -0.552. The molecule has 1 fully saturated rings. The van der Waals surface area contributed by atoms with Crippen LogP contribution in [0, 0.1) is 6.92 Å². The molecule has 1 aliphatic rings. The molecule has 1 aromatic carbocycles. The number of aryl methyl sites for hydroxylation is 1. The Morgan fingerprint density at radius 2 is 1.97 bits per heavy atom. The fourth-order valence-corrected chi connectivity index (χ4v) is 3.91. The lowest BCUT2D eigenvalue weighted by Gasteiger charge is -2.19. The van der Waals surface area contributed by atoms with Crippen LogP contribution in [0.5, 0.6) is 11.5 Å². The summed E-state index contributed by atoms with van der Waals surface area (Å²) in [7, 11) is 3.22. The standard InChI is InChI=1S/C23H28N4O4/c1-6-14(13-7-8-15(29-4)16(11-13)30-5)20-25-21(27-23(3)9-10-23)18-17(19(24)28)12(2)31-22(18)26-20/h7-8,11,14H,6,9-10H2,1-5H3,(H2,24,28)(H,25,26,27). The summed E-state index contributed by atoms with van der Waals surface area (Å²) in [5.41, 5.74) is 7.28. The number of primary amides is 1. The molecule has 164 valence electrons. The normalized spacial score (nSPS) is 15.5. The van der Waals surface area contributed by atoms with Gasteiger partial charge in [-0.05, 0) is 50.8 Å². The highest BCUT2D eigenvalue weighted by molar-refractivity contribution is 6.09. The number of rotatable bonds is 8. The van der Waals surface area contributed by atoms with E-state index < -0.39 is 5.91 Å². The highest BCUT2D eigenvalue weighted by Crippen LogP contribution is 2.41. The molecule has 4 rings (SSSR count). The minimum Gasteiger partial charge on any atom is -0.493 e. The molecule has 2 aromatic heterocycles. The number of nitrogens with zero attached hydrogens (tertiary/aromatic N) is 2. The molecule has 3 aromatic rings. The molecule has 1 atom stereocenters. The van der Waals surface area contributed by atoms with Crippen LogP contribution in [0.25, 0.3) is 11.1 Å². The number of fused-ring (bicyclic) bond motifs is 1. The average Bonchev–Trinajstić information content (AvgIpc) is 3.35. The first-order valence-electron chi connectivity index (χ1n) is 10.4. The van der Waals surface area contributed by atoms with Gasteiger partial charge in [-0.3, -0.25) is 4.79 Å². The maximum atomic E-state index is 12.1. The number of aromatic nitrogens is 2. The first-order valence-corrected chi connectivity index (χ1v) is 10.4. The SMILES string of the molecule is CCC(c1ccc(OC)c(OC)c1)c1nc(NC2(C)CC2)c2c(C(N)=O)c(C)oc2n1. The van der Waals surface area contributed by atoms with Crippen molar-refractivity contribution in [3.63, 3.8) is 0 Å². The summed E-state index contributed by atoms with van der Waals surface area (Å²) in [6.07, 6.45) is 2.83. The van der Waals surface area contributed by atoms with Crippen LogP contribution < -0.4 is 20.5 Å². The van der Waals surface area contributed by atoms with Gasteiger partial charge in [0.25, 0.3) is 5.91 Å². The number of carbonyl (C=O) groups is 1. The quantitative estimate of drug-likeness (QED) is 0.558. The minimum absolute atomic E-state index is 0.0519. The molecule has 0 bridgehead atoms. The summed E-state index contributed by atoms with van der Waals surface area (Å²) in [5.74, 6) is 2.30. The average molecular weight is 425 g/mol. The van der Waals surface area contributed by atoms with E-state index in [9.17, 15) is 4.79 Å². The first kappa shape index (κ1) is 21.0. The van der Waals surface area contributed by atoms with Crippen LogP contribution in [0.2, 0.25) is 0 Å². The largest absolute Gasteiger partial charge is 0.493 e. The molecule has 0 spiro atoms. The van der Waals surface area contributed by atoms with Gasteiger partial charge in [-0.1, -0.05) is 13.0 Å². The lowest BCUT2D eigenvalue weighted by Crippen LogP contribution is -2.20. The Bertz CT molecular complexity index is 1150. The number of methoxy groups -OCH3 is 2. The number of amides is 1. The van der Waals surface area contributed by atoms with Gasteiger partial charge in [0.1, 0.15) is 17.4 Å². The van der Waals surface area contributed by atoms with Gasteiger partial charge < -0.3 is 24.9 Å². The van der Waals surface area contributed by atoms with Crippen LogP contribution in [-0.4, -0.2) is 35.6 Å². The van der Waals surface area contributed by atoms with Crippen molar-refractivity contribution in [3.8, 4) is 11.5 Å². The van der Waals surface area contributed by atoms with Gasteiger partial charge in [-0.2, -0.15) is 4.98 Å². The van der Waals surface area contributed by atoms with Crippen LogP contribution in [0.15, 0.2) is 22.6 Å². The monoisotopic (exact) mass is 424 g/mol. The second-order valence-corrected chi connectivity index (χ2v) is 8.27. The van der Waals surface area contributed by atoms with Crippen LogP contribution in [0.4, 0.5) is 5.82 Å². The van der Waals surface area contributed by atoms with Crippen molar-refractivity contribution in [2.24, 2.45) is 5.73 Å². The molecule has 0 aliphatic heterocycles. The number of furan rings is 1. The zero-order valence-electron chi connectivity index (χ0n) is 18.5. The molecule has 8 heteroatoms. The van der Waals surface area contributed by atoms with E-state index in [4.69, 9.17) is 29.6 Å². The van der Waals surface area contributed by atoms with Crippen molar-refractivity contribution in [2.45, 2.75) is 51.5 Å². The molecule has 1 saturated carbocycles. The van der Waals surface area contributed by atoms with Gasteiger partial charge in [-0.25, -0.2) is 4.98 Å². The third-order valence-electron chi connectivity index (χ3n) is 5.94. The van der Waals surface area contributed by atoms with Crippen molar-refractivity contribution in [1.29, 1.82) is 0 Å². The fourth-order valence-electron chi connectivity index (χ4n) is 3.91. The van der Waals surface area contributed by atoms with Gasteiger partial charge in [0.2, 0.25) is 5.71 Å². The van der Waals surface area contributed by atoms with Crippen molar-refractivity contribution >= 4 is 22.8 Å². The second-order valence-electron chi connectivity index (χ2n) is 8.27. The third-order valence-corrected chi connectivity index (χ3v) is 5.94. The van der Waals surface area contributed by atoms with E-state index in [-0.39, 0.29) is 11.5 Å². The van der Waals surface area contributed by atoms with Crippen LogP contribution >= 0.6 is 0 Å². The van der Waals surface area contributed by atoms with E-state index in [1.807, 2.05) is 18.2 Å². The second kappa shape index (κ2) is 7.76. The Morgan fingerprint density at radius 3 is 2.55 bits per heavy atom. The number of hydrogen-bond acceptors (Lipinski definition) is 7. The molecule has 1 unspecified atom stereocenters. The number of nitrogens with one attached hydrogen (secondary N) is 1. The van der Waals surface area contributed by atoms with Gasteiger partial charge in [0.15, 0.2) is 11.5 Å². The van der Waals surface area contributed by atoms with E-state index in [2.05, 4.69) is 19.2 Å². The molecule has 0 saturated heterocycles. The Balaban J connectivity index is 1.87. The number of nitrogens with two attached hydrogens (primary N) is 1. The van der Waals surface area contributed by atoms with E-state index in [1.165, 1.54) is 0 Å². The van der Waals surface area contributed by atoms with Crippen molar-refractivity contribution < 1.29 is 18.7 Å². The third kappa shape index (κ3) is 3.78. The van der Waals surface area contributed by atoms with E-state index in [0.717, 1.165) is 24.8 Å². The molecule has 1 amide bonds. The number of carbonyl (C=O) groups excluding carboxylic acids is 1. The van der Waals surface area contributed by atoms with Gasteiger partial charge in [0.05, 0.1) is 25.2 Å². The zero-order valence-corrected chi connectivity index (χ0v) is 18.5. The number of benzene rings is 1. The molecule has 31 heavy (non-hydrogen) atoms. The summed E-state index contributed by atoms with van der Waals surface area (Å²) >= 11 is 0. The lowest BCUT2D eigenvalue weighted by molar-refractivity contribution is 0.1000. The summed E-state index contributed by atoms with van der Waals surface area (Å²) in [6, 6.07) is 5.81. The van der Waals surface area contributed by atoms with Gasteiger partial charge in [-0.15, -0.1) is 0 Å². The predicted molar refractivity (Wildman–Crippen MR) is 118 cm³/mol. The Morgan fingerprint density at radius 1 is 1.26 bits per heavy atom.